The molecule has 1 saturated heterocycles. The fourth-order valence-electron chi connectivity index (χ4n) is 4.57. The summed E-state index contributed by atoms with van der Waals surface area (Å²) in [5.41, 5.74) is 0.210. The van der Waals surface area contributed by atoms with E-state index in [-0.39, 0.29) is 41.1 Å². The van der Waals surface area contributed by atoms with E-state index < -0.39 is 26.8 Å². The highest BCUT2D eigenvalue weighted by Crippen LogP contribution is 2.46. The van der Waals surface area contributed by atoms with Crippen molar-refractivity contribution < 1.29 is 31.5 Å². The lowest BCUT2D eigenvalue weighted by Gasteiger charge is -2.37. The molecule has 176 valence electrons. The van der Waals surface area contributed by atoms with Crippen LogP contribution in [0.3, 0.4) is 0 Å². The summed E-state index contributed by atoms with van der Waals surface area (Å²) in [7, 11) is -3.07. The Morgan fingerprint density at radius 3 is 2.45 bits per heavy atom. The Hall–Kier alpha value is -2.88. The standard InChI is InChI=1S/C23H24F2N2O5S/c1-21(2)17-7-14(19(28)9-22(3)12-33(30,31)13-22)5-6-18(17)27(20(21)29)15-8-16(11-26-10-15)32-23(4,24)25/h5-8,10-11H,9,12-13H2,1-4H3. The van der Waals surface area contributed by atoms with E-state index >= 15 is 0 Å². The molecule has 0 bridgehead atoms. The zero-order chi connectivity index (χ0) is 24.4. The Bertz CT molecular complexity index is 1260. The summed E-state index contributed by atoms with van der Waals surface area (Å²) in [6.07, 6.45) is -0.799. The van der Waals surface area contributed by atoms with E-state index in [1.165, 1.54) is 17.2 Å². The second-order valence-electron chi connectivity index (χ2n) is 9.73. The number of halogens is 2. The Morgan fingerprint density at radius 2 is 1.85 bits per heavy atom. The molecule has 0 aliphatic carbocycles. The molecule has 10 heteroatoms. The van der Waals surface area contributed by atoms with Gasteiger partial charge in [0.1, 0.15) is 5.75 Å². The molecule has 1 aromatic heterocycles. The van der Waals surface area contributed by atoms with Crippen molar-refractivity contribution in [2.24, 2.45) is 5.41 Å². The maximum absolute atomic E-state index is 13.3. The summed E-state index contributed by atoms with van der Waals surface area (Å²) in [5, 5.41) is 0. The predicted octanol–water partition coefficient (Wildman–Crippen LogP) is 4.04. The number of ketones is 1. The fraction of sp³-hybridized carbons (Fsp3) is 0.435. The van der Waals surface area contributed by atoms with E-state index in [0.717, 1.165) is 6.20 Å². The van der Waals surface area contributed by atoms with Gasteiger partial charge in [-0.2, -0.15) is 8.78 Å². The Labute approximate surface area is 190 Å². The molecule has 0 N–H and O–H groups in total. The Morgan fingerprint density at radius 1 is 1.18 bits per heavy atom. The van der Waals surface area contributed by atoms with Gasteiger partial charge in [0.05, 0.1) is 40.7 Å². The lowest BCUT2D eigenvalue weighted by Crippen LogP contribution is -2.47. The summed E-state index contributed by atoms with van der Waals surface area (Å²) < 4.78 is 54.2. The summed E-state index contributed by atoms with van der Waals surface area (Å²) >= 11 is 0. The molecule has 1 aromatic carbocycles. The molecule has 1 amide bonds. The van der Waals surface area contributed by atoms with Gasteiger partial charge < -0.3 is 4.74 Å². The normalized spacial score (nSPS) is 20.2. The molecule has 1 fully saturated rings. The summed E-state index contributed by atoms with van der Waals surface area (Å²) in [4.78, 5) is 31.5. The third kappa shape index (κ3) is 4.36. The number of nitrogens with zero attached hydrogens (tertiary/aromatic N) is 2. The van der Waals surface area contributed by atoms with Crippen molar-refractivity contribution in [2.75, 3.05) is 16.4 Å². The van der Waals surface area contributed by atoms with Crippen LogP contribution in [-0.4, -0.2) is 42.7 Å². The number of anilines is 2. The number of benzene rings is 1. The van der Waals surface area contributed by atoms with Crippen LogP contribution in [0, 0.1) is 5.41 Å². The number of pyridine rings is 1. The van der Waals surface area contributed by atoms with Crippen LogP contribution in [0.1, 0.15) is 50.0 Å². The highest BCUT2D eigenvalue weighted by atomic mass is 32.2. The average Bonchev–Trinajstić information content (AvgIpc) is 2.84. The number of hydrogen-bond acceptors (Lipinski definition) is 6. The highest BCUT2D eigenvalue weighted by molar-refractivity contribution is 7.92. The van der Waals surface area contributed by atoms with Gasteiger partial charge in [0.25, 0.3) is 0 Å². The minimum Gasteiger partial charge on any atom is -0.431 e. The van der Waals surface area contributed by atoms with Crippen molar-refractivity contribution >= 4 is 32.9 Å². The first-order valence-electron chi connectivity index (χ1n) is 10.3. The number of rotatable bonds is 6. The molecule has 0 radical (unpaired) electrons. The van der Waals surface area contributed by atoms with E-state index in [2.05, 4.69) is 9.72 Å². The van der Waals surface area contributed by atoms with Crippen molar-refractivity contribution in [1.29, 1.82) is 0 Å². The molecule has 0 saturated carbocycles. The number of ether oxygens (including phenoxy) is 1. The second kappa shape index (κ2) is 7.31. The number of amides is 1. The van der Waals surface area contributed by atoms with Gasteiger partial charge in [-0.3, -0.25) is 19.5 Å². The van der Waals surface area contributed by atoms with Gasteiger partial charge in [-0.05, 0) is 37.6 Å². The van der Waals surface area contributed by atoms with Crippen LogP contribution in [0.4, 0.5) is 20.2 Å². The zero-order valence-corrected chi connectivity index (χ0v) is 19.5. The molecule has 33 heavy (non-hydrogen) atoms. The smallest absolute Gasteiger partial charge is 0.394 e. The Balaban J connectivity index is 1.66. The molecule has 0 spiro atoms. The number of carbonyl (C=O) groups excluding carboxylic acids is 2. The van der Waals surface area contributed by atoms with E-state index in [0.29, 0.717) is 23.7 Å². The number of aromatic nitrogens is 1. The van der Waals surface area contributed by atoms with Gasteiger partial charge in [0, 0.05) is 30.4 Å². The molecule has 3 heterocycles. The van der Waals surface area contributed by atoms with Crippen molar-refractivity contribution in [3.8, 4) is 5.75 Å². The summed E-state index contributed by atoms with van der Waals surface area (Å²) in [6, 6.07) is 6.19. The fourth-order valence-corrected chi connectivity index (χ4v) is 6.81. The molecule has 4 rings (SSSR count). The van der Waals surface area contributed by atoms with E-state index in [1.54, 1.807) is 39.0 Å². The quantitative estimate of drug-likeness (QED) is 0.582. The van der Waals surface area contributed by atoms with Crippen molar-refractivity contribution in [2.45, 2.75) is 45.6 Å². The number of alkyl halides is 2. The van der Waals surface area contributed by atoms with Crippen molar-refractivity contribution in [3.63, 3.8) is 0 Å². The number of Topliss-reactive ketones (excluding diaryl/α,β-unsaturated/α-hetero) is 1. The first kappa shape index (κ1) is 23.3. The lowest BCUT2D eigenvalue weighted by atomic mass is 9.83. The van der Waals surface area contributed by atoms with Crippen LogP contribution in [0.5, 0.6) is 5.75 Å². The van der Waals surface area contributed by atoms with Crippen LogP contribution >= 0.6 is 0 Å². The van der Waals surface area contributed by atoms with Crippen molar-refractivity contribution in [3.05, 3.63) is 47.8 Å². The van der Waals surface area contributed by atoms with Crippen molar-refractivity contribution in [1.82, 2.24) is 4.98 Å². The molecular weight excluding hydrogens is 454 g/mol. The van der Waals surface area contributed by atoms with Gasteiger partial charge in [-0.1, -0.05) is 6.92 Å². The largest absolute Gasteiger partial charge is 0.431 e. The molecule has 0 atom stereocenters. The Kier molecular flexibility index (Phi) is 5.16. The molecule has 7 nitrogen and oxygen atoms in total. The zero-order valence-electron chi connectivity index (χ0n) is 18.7. The van der Waals surface area contributed by atoms with Gasteiger partial charge in [0.15, 0.2) is 15.6 Å². The number of fused-ring (bicyclic) bond motifs is 1. The van der Waals surface area contributed by atoms with E-state index in [4.69, 9.17) is 0 Å². The minimum absolute atomic E-state index is 0.0172. The van der Waals surface area contributed by atoms with Gasteiger partial charge in [0.2, 0.25) is 5.91 Å². The van der Waals surface area contributed by atoms with Crippen LogP contribution < -0.4 is 9.64 Å². The third-order valence-corrected chi connectivity index (χ3v) is 8.22. The monoisotopic (exact) mass is 478 g/mol. The molecule has 0 unspecified atom stereocenters. The maximum Gasteiger partial charge on any atom is 0.394 e. The molecule has 2 aliphatic rings. The first-order chi connectivity index (χ1) is 15.1. The van der Waals surface area contributed by atoms with E-state index in [9.17, 15) is 26.8 Å². The lowest BCUT2D eigenvalue weighted by molar-refractivity contribution is -0.159. The number of sulfone groups is 1. The number of carbonyl (C=O) groups is 2. The number of hydrogen-bond donors (Lipinski definition) is 0. The third-order valence-electron chi connectivity index (χ3n) is 5.95. The van der Waals surface area contributed by atoms with Crippen LogP contribution in [0.2, 0.25) is 0 Å². The van der Waals surface area contributed by atoms with Crippen LogP contribution in [0.25, 0.3) is 0 Å². The maximum atomic E-state index is 13.3. The van der Waals surface area contributed by atoms with Gasteiger partial charge in [-0.15, -0.1) is 0 Å². The van der Waals surface area contributed by atoms with Crippen LogP contribution in [0.15, 0.2) is 36.7 Å². The molecular formula is C23H24F2N2O5S. The second-order valence-corrected chi connectivity index (χ2v) is 11.8. The molecule has 2 aliphatic heterocycles. The first-order valence-corrected chi connectivity index (χ1v) is 12.2. The topological polar surface area (TPSA) is 93.6 Å². The predicted molar refractivity (Wildman–Crippen MR) is 118 cm³/mol. The molecule has 2 aromatic rings. The minimum atomic E-state index is -3.40. The SMILES string of the molecule is CC1(CC(=O)c2ccc3c(c2)C(C)(C)C(=O)N3c2cncc(OC(C)(F)F)c2)CS(=O)(=O)C1. The summed E-state index contributed by atoms with van der Waals surface area (Å²) in [5.74, 6) is -0.720. The highest BCUT2D eigenvalue weighted by Gasteiger charge is 2.47. The van der Waals surface area contributed by atoms with Gasteiger partial charge >= 0.3 is 6.11 Å². The summed E-state index contributed by atoms with van der Waals surface area (Å²) in [6.45, 7) is 5.82. The van der Waals surface area contributed by atoms with Gasteiger partial charge in [-0.25, -0.2) is 8.42 Å². The van der Waals surface area contributed by atoms with E-state index in [1.807, 2.05) is 0 Å². The van der Waals surface area contributed by atoms with Crippen LogP contribution in [-0.2, 0) is 20.0 Å². The average molecular weight is 479 g/mol.